The van der Waals surface area contributed by atoms with Gasteiger partial charge in [-0.2, -0.15) is 0 Å². The summed E-state index contributed by atoms with van der Waals surface area (Å²) in [6.07, 6.45) is 5.47. The number of pyridine rings is 1. The Kier molecular flexibility index (Phi) is 4.69. The Bertz CT molecular complexity index is 455. The van der Waals surface area contributed by atoms with E-state index >= 15 is 0 Å². The first kappa shape index (κ1) is 14.9. The van der Waals surface area contributed by atoms with E-state index in [-0.39, 0.29) is 5.91 Å². The van der Waals surface area contributed by atoms with E-state index in [0.29, 0.717) is 18.7 Å². The van der Waals surface area contributed by atoms with Gasteiger partial charge >= 0.3 is 0 Å². The summed E-state index contributed by atoms with van der Waals surface area (Å²) >= 11 is 0. The lowest BCUT2D eigenvalue weighted by Gasteiger charge is -2.28. The van der Waals surface area contributed by atoms with E-state index in [2.05, 4.69) is 15.3 Å². The van der Waals surface area contributed by atoms with E-state index in [0.717, 1.165) is 31.4 Å². The van der Waals surface area contributed by atoms with Crippen molar-refractivity contribution < 1.29 is 9.90 Å². The van der Waals surface area contributed by atoms with Crippen molar-refractivity contribution in [1.82, 2.24) is 15.3 Å². The lowest BCUT2D eigenvalue weighted by molar-refractivity contribution is 0.0143. The highest BCUT2D eigenvalue weighted by Gasteiger charge is 2.32. The van der Waals surface area contributed by atoms with E-state index in [4.69, 9.17) is 5.84 Å². The molecule has 0 radical (unpaired) electrons. The molecule has 6 heteroatoms. The van der Waals surface area contributed by atoms with Gasteiger partial charge in [-0.3, -0.25) is 20.1 Å². The Morgan fingerprint density at radius 2 is 2.20 bits per heavy atom. The zero-order chi connectivity index (χ0) is 14.6. The second kappa shape index (κ2) is 6.30. The predicted octanol–water partition coefficient (Wildman–Crippen LogP) is 0.422. The van der Waals surface area contributed by atoms with Gasteiger partial charge in [-0.25, -0.2) is 5.84 Å². The SMILES string of the molecule is CN(Cc1ccc(C(=O)NN)cn1)CC1(O)CCCC1. The number of nitrogens with zero attached hydrogens (tertiary/aromatic N) is 2. The fraction of sp³-hybridized carbons (Fsp3) is 0.571. The standard InChI is InChI=1S/C14H22N4O2/c1-18(10-14(20)6-2-3-7-14)9-12-5-4-11(8-16-12)13(19)17-15/h4-5,8,20H,2-3,6-7,9-10,15H2,1H3,(H,17,19). The van der Waals surface area contributed by atoms with Crippen LogP contribution in [0.4, 0.5) is 0 Å². The molecule has 0 aliphatic heterocycles. The highest BCUT2D eigenvalue weighted by Crippen LogP contribution is 2.30. The van der Waals surface area contributed by atoms with Crippen LogP contribution in [0, 0.1) is 0 Å². The molecule has 1 amide bonds. The molecule has 1 aliphatic carbocycles. The van der Waals surface area contributed by atoms with Crippen LogP contribution in [0.25, 0.3) is 0 Å². The van der Waals surface area contributed by atoms with Gasteiger partial charge in [0.15, 0.2) is 0 Å². The molecule has 1 fully saturated rings. The Hall–Kier alpha value is -1.50. The molecular formula is C14H22N4O2. The number of hydrogen-bond acceptors (Lipinski definition) is 5. The Morgan fingerprint density at radius 1 is 1.50 bits per heavy atom. The number of aromatic nitrogens is 1. The summed E-state index contributed by atoms with van der Waals surface area (Å²) < 4.78 is 0. The number of hydrazine groups is 1. The summed E-state index contributed by atoms with van der Waals surface area (Å²) in [6.45, 7) is 1.30. The van der Waals surface area contributed by atoms with Gasteiger partial charge in [0.2, 0.25) is 0 Å². The van der Waals surface area contributed by atoms with Crippen molar-refractivity contribution in [2.24, 2.45) is 5.84 Å². The number of rotatable bonds is 5. The number of nitrogens with one attached hydrogen (secondary N) is 1. The number of carbonyl (C=O) groups is 1. The predicted molar refractivity (Wildman–Crippen MR) is 75.6 cm³/mol. The summed E-state index contributed by atoms with van der Waals surface area (Å²) in [5, 5.41) is 10.4. The summed E-state index contributed by atoms with van der Waals surface area (Å²) in [5.74, 6) is 4.72. The molecule has 20 heavy (non-hydrogen) atoms. The molecule has 4 N–H and O–H groups in total. The molecule has 1 heterocycles. The van der Waals surface area contributed by atoms with Crippen LogP contribution in [-0.4, -0.2) is 40.1 Å². The van der Waals surface area contributed by atoms with Crippen molar-refractivity contribution in [2.75, 3.05) is 13.6 Å². The van der Waals surface area contributed by atoms with E-state index in [9.17, 15) is 9.90 Å². The molecule has 0 bridgehead atoms. The maximum Gasteiger partial charge on any atom is 0.266 e. The Morgan fingerprint density at radius 3 is 2.75 bits per heavy atom. The molecule has 0 unspecified atom stereocenters. The smallest absolute Gasteiger partial charge is 0.266 e. The van der Waals surface area contributed by atoms with Gasteiger partial charge in [-0.05, 0) is 32.0 Å². The number of carbonyl (C=O) groups excluding carboxylic acids is 1. The monoisotopic (exact) mass is 278 g/mol. The number of nitrogens with two attached hydrogens (primary N) is 1. The molecule has 1 aromatic heterocycles. The quantitative estimate of drug-likeness (QED) is 0.412. The van der Waals surface area contributed by atoms with Gasteiger partial charge in [-0.15, -0.1) is 0 Å². The Balaban J connectivity index is 1.90. The van der Waals surface area contributed by atoms with Crippen LogP contribution < -0.4 is 11.3 Å². The number of nitrogen functional groups attached to an aromatic ring is 1. The number of aliphatic hydroxyl groups is 1. The average Bonchev–Trinajstić information content (AvgIpc) is 2.84. The van der Waals surface area contributed by atoms with E-state index in [1.165, 1.54) is 6.20 Å². The van der Waals surface area contributed by atoms with Crippen molar-refractivity contribution in [3.05, 3.63) is 29.6 Å². The lowest BCUT2D eigenvalue weighted by atomic mass is 10.0. The summed E-state index contributed by atoms with van der Waals surface area (Å²) in [5.41, 5.74) is 2.83. The molecule has 0 aromatic carbocycles. The van der Waals surface area contributed by atoms with Crippen LogP contribution in [0.1, 0.15) is 41.7 Å². The van der Waals surface area contributed by atoms with E-state index in [1.54, 1.807) is 12.1 Å². The summed E-state index contributed by atoms with van der Waals surface area (Å²) in [6, 6.07) is 3.50. The molecule has 1 aromatic rings. The third-order valence-corrected chi connectivity index (χ3v) is 3.75. The van der Waals surface area contributed by atoms with Gasteiger partial charge < -0.3 is 5.11 Å². The van der Waals surface area contributed by atoms with Crippen LogP contribution in [-0.2, 0) is 6.54 Å². The van der Waals surface area contributed by atoms with Crippen molar-refractivity contribution >= 4 is 5.91 Å². The van der Waals surface area contributed by atoms with E-state index in [1.807, 2.05) is 7.05 Å². The van der Waals surface area contributed by atoms with Crippen molar-refractivity contribution in [3.63, 3.8) is 0 Å². The first-order valence-electron chi connectivity index (χ1n) is 6.89. The lowest BCUT2D eigenvalue weighted by Crippen LogP contribution is -2.38. The fourth-order valence-electron chi connectivity index (χ4n) is 2.76. The molecule has 1 saturated carbocycles. The third-order valence-electron chi connectivity index (χ3n) is 3.75. The van der Waals surface area contributed by atoms with Crippen LogP contribution in [0.3, 0.4) is 0 Å². The largest absolute Gasteiger partial charge is 0.389 e. The molecule has 0 saturated heterocycles. The maximum absolute atomic E-state index is 11.3. The zero-order valence-electron chi connectivity index (χ0n) is 11.8. The molecule has 0 spiro atoms. The van der Waals surface area contributed by atoms with Gasteiger partial charge in [0, 0.05) is 19.3 Å². The summed E-state index contributed by atoms with van der Waals surface area (Å²) in [4.78, 5) is 17.6. The first-order valence-corrected chi connectivity index (χ1v) is 6.89. The van der Waals surface area contributed by atoms with Crippen molar-refractivity contribution in [3.8, 4) is 0 Å². The van der Waals surface area contributed by atoms with Crippen molar-refractivity contribution in [2.45, 2.75) is 37.8 Å². The van der Waals surface area contributed by atoms with E-state index < -0.39 is 5.60 Å². The minimum atomic E-state index is -0.547. The number of amides is 1. The first-order chi connectivity index (χ1) is 9.52. The van der Waals surface area contributed by atoms with Crippen LogP contribution >= 0.6 is 0 Å². The second-order valence-electron chi connectivity index (χ2n) is 5.62. The molecule has 110 valence electrons. The maximum atomic E-state index is 11.3. The molecule has 0 atom stereocenters. The molecular weight excluding hydrogens is 256 g/mol. The third kappa shape index (κ3) is 3.75. The van der Waals surface area contributed by atoms with Crippen LogP contribution in [0.5, 0.6) is 0 Å². The van der Waals surface area contributed by atoms with Gasteiger partial charge in [0.25, 0.3) is 5.91 Å². The zero-order valence-corrected chi connectivity index (χ0v) is 11.8. The molecule has 1 aliphatic rings. The average molecular weight is 278 g/mol. The normalized spacial score (nSPS) is 17.4. The number of likely N-dealkylation sites (N-methyl/N-ethyl adjacent to an activating group) is 1. The van der Waals surface area contributed by atoms with Crippen molar-refractivity contribution in [1.29, 1.82) is 0 Å². The highest BCUT2D eigenvalue weighted by molar-refractivity contribution is 5.93. The minimum absolute atomic E-state index is 0.349. The fourth-order valence-corrected chi connectivity index (χ4v) is 2.76. The van der Waals surface area contributed by atoms with Crippen LogP contribution in [0.15, 0.2) is 18.3 Å². The topological polar surface area (TPSA) is 91.5 Å². The molecule has 2 rings (SSSR count). The van der Waals surface area contributed by atoms with Crippen LogP contribution in [0.2, 0.25) is 0 Å². The minimum Gasteiger partial charge on any atom is -0.389 e. The van der Waals surface area contributed by atoms with Gasteiger partial charge in [0.1, 0.15) is 0 Å². The second-order valence-corrected chi connectivity index (χ2v) is 5.62. The molecule has 6 nitrogen and oxygen atoms in total. The van der Waals surface area contributed by atoms with Gasteiger partial charge in [-0.1, -0.05) is 12.8 Å². The Labute approximate surface area is 119 Å². The highest BCUT2D eigenvalue weighted by atomic mass is 16.3. The van der Waals surface area contributed by atoms with Gasteiger partial charge in [0.05, 0.1) is 16.9 Å². The summed E-state index contributed by atoms with van der Waals surface area (Å²) in [7, 11) is 1.97. The number of hydrogen-bond donors (Lipinski definition) is 3.